The number of amides is 1. The van der Waals surface area contributed by atoms with Crippen LogP contribution in [-0.2, 0) is 4.74 Å². The first-order valence-electron chi connectivity index (χ1n) is 6.35. The normalized spacial score (nSPS) is 22.3. The van der Waals surface area contributed by atoms with Gasteiger partial charge in [-0.3, -0.25) is 4.79 Å². The van der Waals surface area contributed by atoms with Crippen molar-refractivity contribution in [1.82, 2.24) is 10.3 Å². The van der Waals surface area contributed by atoms with Gasteiger partial charge in [-0.25, -0.2) is 9.37 Å². The third-order valence-corrected chi connectivity index (χ3v) is 3.39. The number of pyridine rings is 1. The van der Waals surface area contributed by atoms with Gasteiger partial charge in [0, 0.05) is 26.1 Å². The van der Waals surface area contributed by atoms with Crippen molar-refractivity contribution in [3.63, 3.8) is 0 Å². The first-order valence-corrected chi connectivity index (χ1v) is 6.35. The van der Waals surface area contributed by atoms with Crippen LogP contribution in [0.5, 0.6) is 0 Å². The molecule has 1 fully saturated rings. The standard InChI is InChI=1S/C13H18FN3O2/c1-8-9(3-4-19-8)6-17-13(18)11-5-10(14)7-16-12(11)15-2/h5,7-9H,3-4,6H2,1-2H3,(H,15,16)(H,17,18). The summed E-state index contributed by atoms with van der Waals surface area (Å²) in [5.74, 6) is -0.171. The number of nitrogens with one attached hydrogen (secondary N) is 2. The predicted molar refractivity (Wildman–Crippen MR) is 69.6 cm³/mol. The maximum Gasteiger partial charge on any atom is 0.255 e. The first kappa shape index (κ1) is 13.7. The molecular formula is C13H18FN3O2. The highest BCUT2D eigenvalue weighted by Crippen LogP contribution is 2.20. The molecule has 2 rings (SSSR count). The number of ether oxygens (including phenoxy) is 1. The molecule has 104 valence electrons. The Morgan fingerprint density at radius 3 is 3.05 bits per heavy atom. The molecule has 19 heavy (non-hydrogen) atoms. The van der Waals surface area contributed by atoms with Gasteiger partial charge in [0.25, 0.3) is 5.91 Å². The number of hydrogen-bond donors (Lipinski definition) is 2. The Hall–Kier alpha value is -1.69. The van der Waals surface area contributed by atoms with E-state index in [9.17, 15) is 9.18 Å². The van der Waals surface area contributed by atoms with Crippen LogP contribution >= 0.6 is 0 Å². The molecule has 2 N–H and O–H groups in total. The van der Waals surface area contributed by atoms with Gasteiger partial charge < -0.3 is 15.4 Å². The molecule has 0 bridgehead atoms. The van der Waals surface area contributed by atoms with Gasteiger partial charge in [-0.2, -0.15) is 0 Å². The summed E-state index contributed by atoms with van der Waals surface area (Å²) < 4.78 is 18.6. The Kier molecular flexibility index (Phi) is 4.31. The SMILES string of the molecule is CNc1ncc(F)cc1C(=O)NCC1CCOC1C. The molecule has 0 saturated carbocycles. The highest BCUT2D eigenvalue weighted by atomic mass is 19.1. The van der Waals surface area contributed by atoms with Crippen molar-refractivity contribution in [3.8, 4) is 0 Å². The van der Waals surface area contributed by atoms with Crippen LogP contribution in [0.2, 0.25) is 0 Å². The topological polar surface area (TPSA) is 63.2 Å². The molecule has 6 heteroatoms. The van der Waals surface area contributed by atoms with Crippen LogP contribution in [0.1, 0.15) is 23.7 Å². The fraction of sp³-hybridized carbons (Fsp3) is 0.538. The maximum atomic E-state index is 13.2. The van der Waals surface area contributed by atoms with Crippen molar-refractivity contribution >= 4 is 11.7 Å². The maximum absolute atomic E-state index is 13.2. The van der Waals surface area contributed by atoms with Crippen LogP contribution < -0.4 is 10.6 Å². The van der Waals surface area contributed by atoms with Gasteiger partial charge in [0.2, 0.25) is 0 Å². The van der Waals surface area contributed by atoms with Crippen LogP contribution in [-0.4, -0.2) is 37.2 Å². The molecule has 5 nitrogen and oxygen atoms in total. The van der Waals surface area contributed by atoms with Gasteiger partial charge in [0.15, 0.2) is 0 Å². The van der Waals surface area contributed by atoms with Gasteiger partial charge in [-0.05, 0) is 19.4 Å². The molecule has 1 aliphatic rings. The number of nitrogens with zero attached hydrogens (tertiary/aromatic N) is 1. The number of anilines is 1. The summed E-state index contributed by atoms with van der Waals surface area (Å²) in [6.45, 7) is 3.25. The first-order chi connectivity index (χ1) is 9.11. The average Bonchev–Trinajstić information content (AvgIpc) is 2.81. The van der Waals surface area contributed by atoms with E-state index in [-0.39, 0.29) is 17.6 Å². The number of carbonyl (C=O) groups is 1. The van der Waals surface area contributed by atoms with Crippen molar-refractivity contribution < 1.29 is 13.9 Å². The van der Waals surface area contributed by atoms with Crippen LogP contribution in [0.25, 0.3) is 0 Å². The molecule has 1 amide bonds. The minimum Gasteiger partial charge on any atom is -0.378 e. The van der Waals surface area contributed by atoms with E-state index in [1.165, 1.54) is 6.07 Å². The van der Waals surface area contributed by atoms with Gasteiger partial charge >= 0.3 is 0 Å². The van der Waals surface area contributed by atoms with E-state index in [0.717, 1.165) is 19.2 Å². The number of carbonyl (C=O) groups excluding carboxylic acids is 1. The molecule has 0 radical (unpaired) electrons. The minimum absolute atomic E-state index is 0.148. The van der Waals surface area contributed by atoms with Crippen molar-refractivity contribution in [1.29, 1.82) is 0 Å². The lowest BCUT2D eigenvalue weighted by atomic mass is 10.0. The lowest BCUT2D eigenvalue weighted by Crippen LogP contribution is -2.32. The fourth-order valence-electron chi connectivity index (χ4n) is 2.17. The largest absolute Gasteiger partial charge is 0.378 e. The van der Waals surface area contributed by atoms with E-state index in [4.69, 9.17) is 4.74 Å². The number of aromatic nitrogens is 1. The zero-order valence-corrected chi connectivity index (χ0v) is 11.1. The third-order valence-electron chi connectivity index (χ3n) is 3.39. The second-order valence-electron chi connectivity index (χ2n) is 4.63. The number of hydrogen-bond acceptors (Lipinski definition) is 4. The Morgan fingerprint density at radius 1 is 1.63 bits per heavy atom. The van der Waals surface area contributed by atoms with Crippen LogP contribution in [0.3, 0.4) is 0 Å². The molecule has 2 unspecified atom stereocenters. The molecule has 0 aromatic carbocycles. The van der Waals surface area contributed by atoms with Crippen molar-refractivity contribution in [3.05, 3.63) is 23.6 Å². The molecule has 2 heterocycles. The summed E-state index contributed by atoms with van der Waals surface area (Å²) in [7, 11) is 1.64. The lowest BCUT2D eigenvalue weighted by molar-refractivity contribution is 0.0907. The molecule has 0 spiro atoms. The van der Waals surface area contributed by atoms with Crippen LogP contribution in [0, 0.1) is 11.7 Å². The smallest absolute Gasteiger partial charge is 0.255 e. The highest BCUT2D eigenvalue weighted by molar-refractivity contribution is 5.98. The van der Waals surface area contributed by atoms with E-state index >= 15 is 0 Å². The van der Waals surface area contributed by atoms with Gasteiger partial charge in [0.05, 0.1) is 17.9 Å². The summed E-state index contributed by atoms with van der Waals surface area (Å²) in [5.41, 5.74) is 0.217. The summed E-state index contributed by atoms with van der Waals surface area (Å²) in [6.07, 6.45) is 2.16. The van der Waals surface area contributed by atoms with Gasteiger partial charge in [-0.1, -0.05) is 0 Å². The van der Waals surface area contributed by atoms with Crippen LogP contribution in [0.15, 0.2) is 12.3 Å². The number of rotatable bonds is 4. The monoisotopic (exact) mass is 267 g/mol. The Morgan fingerprint density at radius 2 is 2.42 bits per heavy atom. The Balaban J connectivity index is 2.01. The van der Waals surface area contributed by atoms with E-state index in [1.54, 1.807) is 7.05 Å². The van der Waals surface area contributed by atoms with E-state index in [0.29, 0.717) is 18.3 Å². The third kappa shape index (κ3) is 3.20. The zero-order chi connectivity index (χ0) is 13.8. The van der Waals surface area contributed by atoms with Crippen molar-refractivity contribution in [2.75, 3.05) is 25.5 Å². The molecule has 2 atom stereocenters. The molecule has 1 aromatic heterocycles. The molecule has 1 aromatic rings. The molecule has 1 saturated heterocycles. The Labute approximate surface area is 111 Å². The Bertz CT molecular complexity index is 467. The van der Waals surface area contributed by atoms with Crippen molar-refractivity contribution in [2.24, 2.45) is 5.92 Å². The predicted octanol–water partition coefficient (Wildman–Crippen LogP) is 1.42. The lowest BCUT2D eigenvalue weighted by Gasteiger charge is -2.15. The minimum atomic E-state index is -0.526. The second-order valence-corrected chi connectivity index (χ2v) is 4.63. The molecular weight excluding hydrogens is 249 g/mol. The van der Waals surface area contributed by atoms with E-state index in [2.05, 4.69) is 15.6 Å². The summed E-state index contributed by atoms with van der Waals surface area (Å²) >= 11 is 0. The van der Waals surface area contributed by atoms with Crippen molar-refractivity contribution in [2.45, 2.75) is 19.4 Å². The highest BCUT2D eigenvalue weighted by Gasteiger charge is 2.25. The van der Waals surface area contributed by atoms with Crippen LogP contribution in [0.4, 0.5) is 10.2 Å². The average molecular weight is 267 g/mol. The second kappa shape index (κ2) is 5.97. The summed E-state index contributed by atoms with van der Waals surface area (Å²) in [4.78, 5) is 15.9. The zero-order valence-electron chi connectivity index (χ0n) is 11.1. The quantitative estimate of drug-likeness (QED) is 0.866. The fourth-order valence-corrected chi connectivity index (χ4v) is 2.17. The van der Waals surface area contributed by atoms with E-state index < -0.39 is 5.82 Å². The number of halogens is 1. The van der Waals surface area contributed by atoms with Gasteiger partial charge in [-0.15, -0.1) is 0 Å². The summed E-state index contributed by atoms with van der Waals surface area (Å²) in [5, 5.41) is 5.58. The molecule has 1 aliphatic heterocycles. The molecule has 0 aliphatic carbocycles. The van der Waals surface area contributed by atoms with E-state index in [1.807, 2.05) is 6.92 Å². The summed E-state index contributed by atoms with van der Waals surface area (Å²) in [6, 6.07) is 1.18. The van der Waals surface area contributed by atoms with Gasteiger partial charge in [0.1, 0.15) is 11.6 Å².